The van der Waals surface area contributed by atoms with Gasteiger partial charge in [0.1, 0.15) is 11.2 Å². The monoisotopic (exact) mass is 779 g/mol. The summed E-state index contributed by atoms with van der Waals surface area (Å²) in [6.07, 6.45) is 0. The van der Waals surface area contributed by atoms with Crippen LogP contribution in [-0.2, 0) is 5.41 Å². The van der Waals surface area contributed by atoms with Gasteiger partial charge in [0.2, 0.25) is 0 Å². The summed E-state index contributed by atoms with van der Waals surface area (Å²) in [5, 5.41) is 7.31. The van der Waals surface area contributed by atoms with Gasteiger partial charge in [-0.1, -0.05) is 178 Å². The van der Waals surface area contributed by atoms with Gasteiger partial charge in [0.25, 0.3) is 0 Å². The fourth-order valence-corrected chi connectivity index (χ4v) is 10.0. The Labute approximate surface area is 355 Å². The Hall–Kier alpha value is -7.68. The number of rotatable bonds is 6. The lowest BCUT2D eigenvalue weighted by Crippen LogP contribution is -2.14. The molecular weight excluding hydrogens is 739 g/mol. The molecule has 1 aliphatic rings. The second-order valence-corrected chi connectivity index (χ2v) is 16.9. The van der Waals surface area contributed by atoms with Gasteiger partial charge in [-0.2, -0.15) is 0 Å². The van der Waals surface area contributed by atoms with Crippen LogP contribution in [0.15, 0.2) is 217 Å². The van der Waals surface area contributed by atoms with Crippen molar-refractivity contribution in [3.05, 3.63) is 223 Å². The first-order valence-corrected chi connectivity index (χ1v) is 21.2. The smallest absolute Gasteiger partial charge is 0.143 e. The van der Waals surface area contributed by atoms with Crippen LogP contribution in [0.25, 0.3) is 88.0 Å². The number of furan rings is 1. The van der Waals surface area contributed by atoms with Crippen LogP contribution in [0.2, 0.25) is 0 Å². The number of nitrogens with zero attached hydrogens (tertiary/aromatic N) is 1. The topological polar surface area (TPSA) is 16.4 Å². The van der Waals surface area contributed by atoms with E-state index in [1.54, 1.807) is 0 Å². The fraction of sp³-hybridized carbons (Fsp3) is 0.0508. The van der Waals surface area contributed by atoms with E-state index in [2.05, 4.69) is 219 Å². The first-order valence-electron chi connectivity index (χ1n) is 21.2. The Morgan fingerprint density at radius 2 is 0.967 bits per heavy atom. The molecule has 0 bridgehead atoms. The third-order valence-electron chi connectivity index (χ3n) is 13.1. The van der Waals surface area contributed by atoms with Crippen molar-refractivity contribution in [1.29, 1.82) is 0 Å². The molecule has 0 atom stereocenters. The molecule has 2 heteroatoms. The summed E-state index contributed by atoms with van der Waals surface area (Å²) in [6.45, 7) is 4.69. The molecule has 0 spiro atoms. The number of hydrogen-bond donors (Lipinski definition) is 0. The van der Waals surface area contributed by atoms with E-state index in [1.165, 1.54) is 66.1 Å². The zero-order valence-electron chi connectivity index (χ0n) is 34.1. The number of para-hydroxylation sites is 2. The quantitative estimate of drug-likeness (QED) is 0.156. The summed E-state index contributed by atoms with van der Waals surface area (Å²) >= 11 is 0. The Morgan fingerprint density at radius 1 is 0.344 bits per heavy atom. The van der Waals surface area contributed by atoms with Crippen molar-refractivity contribution in [3.8, 4) is 44.5 Å². The molecule has 0 aliphatic heterocycles. The summed E-state index contributed by atoms with van der Waals surface area (Å²) in [5.74, 6) is 0. The van der Waals surface area contributed by atoms with E-state index in [1.807, 2.05) is 12.1 Å². The molecule has 1 aromatic heterocycles. The lowest BCUT2D eigenvalue weighted by atomic mass is 9.81. The maximum Gasteiger partial charge on any atom is 0.143 e. The zero-order chi connectivity index (χ0) is 40.7. The first kappa shape index (κ1) is 35.3. The minimum atomic E-state index is -0.0526. The standard InChI is InChI=1S/C59H41NO/c1-59(2)55-22-7-5-16-51(55)52-35-29-41(37-56(52)59)38-24-30-43(31-25-38)60(44-32-26-40(27-33-44)48-19-11-21-54-53-17-6-8-23-57(53)61-58(48)54)45-14-9-13-42(36-45)47-18-10-20-49-46-15-4-3-12-39(46)28-34-50(47)49/h3-37H,1-2H3. The Kier molecular flexibility index (Phi) is 7.92. The molecule has 0 radical (unpaired) electrons. The summed E-state index contributed by atoms with van der Waals surface area (Å²) < 4.78 is 6.45. The van der Waals surface area contributed by atoms with Crippen molar-refractivity contribution >= 4 is 60.5 Å². The predicted molar refractivity (Wildman–Crippen MR) is 257 cm³/mol. The molecule has 12 rings (SSSR count). The first-order chi connectivity index (χ1) is 30.0. The zero-order valence-corrected chi connectivity index (χ0v) is 34.1. The molecular formula is C59H41NO. The molecule has 2 nitrogen and oxygen atoms in total. The molecule has 0 N–H and O–H groups in total. The number of fused-ring (bicyclic) bond motifs is 9. The summed E-state index contributed by atoms with van der Waals surface area (Å²) in [4.78, 5) is 2.38. The number of benzene rings is 10. The molecule has 1 heterocycles. The van der Waals surface area contributed by atoms with E-state index in [9.17, 15) is 0 Å². The molecule has 288 valence electrons. The van der Waals surface area contributed by atoms with Crippen LogP contribution in [0, 0.1) is 0 Å². The lowest BCUT2D eigenvalue weighted by Gasteiger charge is -2.27. The minimum Gasteiger partial charge on any atom is -0.455 e. The number of hydrogen-bond acceptors (Lipinski definition) is 2. The van der Waals surface area contributed by atoms with Crippen LogP contribution >= 0.6 is 0 Å². The van der Waals surface area contributed by atoms with E-state index in [0.717, 1.165) is 50.1 Å². The van der Waals surface area contributed by atoms with Crippen molar-refractivity contribution < 1.29 is 4.42 Å². The fourth-order valence-electron chi connectivity index (χ4n) is 10.0. The van der Waals surface area contributed by atoms with Crippen molar-refractivity contribution in [3.63, 3.8) is 0 Å². The molecule has 1 aliphatic carbocycles. The molecule has 0 unspecified atom stereocenters. The second kappa shape index (κ2) is 13.7. The predicted octanol–water partition coefficient (Wildman–Crippen LogP) is 16.7. The van der Waals surface area contributed by atoms with E-state index in [0.29, 0.717) is 0 Å². The molecule has 0 fully saturated rings. The Bertz CT molecular complexity index is 3500. The highest BCUT2D eigenvalue weighted by atomic mass is 16.3. The Balaban J connectivity index is 0.965. The van der Waals surface area contributed by atoms with Gasteiger partial charge in [-0.3, -0.25) is 0 Å². The van der Waals surface area contributed by atoms with E-state index < -0.39 is 0 Å². The van der Waals surface area contributed by atoms with Gasteiger partial charge in [0.15, 0.2) is 0 Å². The summed E-state index contributed by atoms with van der Waals surface area (Å²) in [7, 11) is 0. The van der Waals surface area contributed by atoms with Gasteiger partial charge < -0.3 is 9.32 Å². The van der Waals surface area contributed by atoms with Crippen molar-refractivity contribution in [2.45, 2.75) is 19.3 Å². The number of anilines is 3. The normalized spacial score (nSPS) is 12.9. The van der Waals surface area contributed by atoms with Gasteiger partial charge in [-0.05, 0) is 120 Å². The van der Waals surface area contributed by atoms with Crippen molar-refractivity contribution in [2.24, 2.45) is 0 Å². The highest BCUT2D eigenvalue weighted by Gasteiger charge is 2.35. The van der Waals surface area contributed by atoms with Crippen molar-refractivity contribution in [1.82, 2.24) is 0 Å². The van der Waals surface area contributed by atoms with Crippen LogP contribution in [0.5, 0.6) is 0 Å². The SMILES string of the molecule is CC1(C)c2ccccc2-c2ccc(-c3ccc(N(c4ccc(-c5cccc6c5oc5ccccc56)cc4)c4cccc(-c5cccc6c5ccc5ccccc56)c4)cc3)cc21. The van der Waals surface area contributed by atoms with Crippen LogP contribution < -0.4 is 4.90 Å². The lowest BCUT2D eigenvalue weighted by molar-refractivity contribution is 0.660. The highest BCUT2D eigenvalue weighted by Crippen LogP contribution is 2.50. The molecule has 61 heavy (non-hydrogen) atoms. The maximum atomic E-state index is 6.45. The Morgan fingerprint density at radius 3 is 1.80 bits per heavy atom. The van der Waals surface area contributed by atoms with Crippen LogP contribution in [-0.4, -0.2) is 0 Å². The van der Waals surface area contributed by atoms with Crippen LogP contribution in [0.4, 0.5) is 17.1 Å². The summed E-state index contributed by atoms with van der Waals surface area (Å²) in [6, 6.07) is 77.4. The van der Waals surface area contributed by atoms with Gasteiger partial charge >= 0.3 is 0 Å². The van der Waals surface area contributed by atoms with E-state index in [-0.39, 0.29) is 5.41 Å². The molecule has 11 aromatic rings. The van der Waals surface area contributed by atoms with Crippen LogP contribution in [0.3, 0.4) is 0 Å². The molecule has 0 saturated carbocycles. The summed E-state index contributed by atoms with van der Waals surface area (Å²) in [5.41, 5.74) is 17.5. The molecule has 0 saturated heterocycles. The molecule has 0 amide bonds. The van der Waals surface area contributed by atoms with Gasteiger partial charge in [0.05, 0.1) is 0 Å². The molecule has 10 aromatic carbocycles. The van der Waals surface area contributed by atoms with Crippen molar-refractivity contribution in [2.75, 3.05) is 4.90 Å². The largest absolute Gasteiger partial charge is 0.455 e. The van der Waals surface area contributed by atoms with E-state index in [4.69, 9.17) is 4.42 Å². The highest BCUT2D eigenvalue weighted by molar-refractivity contribution is 6.12. The van der Waals surface area contributed by atoms with Gasteiger partial charge in [-0.25, -0.2) is 0 Å². The average Bonchev–Trinajstić information content (AvgIpc) is 3.81. The second-order valence-electron chi connectivity index (χ2n) is 16.9. The van der Waals surface area contributed by atoms with Gasteiger partial charge in [0, 0.05) is 38.8 Å². The van der Waals surface area contributed by atoms with Gasteiger partial charge in [-0.15, -0.1) is 0 Å². The van der Waals surface area contributed by atoms with Crippen LogP contribution in [0.1, 0.15) is 25.0 Å². The average molecular weight is 780 g/mol. The third kappa shape index (κ3) is 5.64. The third-order valence-corrected chi connectivity index (χ3v) is 13.1. The maximum absolute atomic E-state index is 6.45. The minimum absolute atomic E-state index is 0.0526. The van der Waals surface area contributed by atoms with E-state index >= 15 is 0 Å².